The fraction of sp³-hybridized carbons (Fsp3) is 0.562. The van der Waals surface area contributed by atoms with Crippen LogP contribution in [0.25, 0.3) is 0 Å². The van der Waals surface area contributed by atoms with Gasteiger partial charge in [-0.3, -0.25) is 0 Å². The number of nitrogens with zero attached hydrogens (tertiary/aromatic N) is 1. The number of halogens is 1. The third-order valence-electron chi connectivity index (χ3n) is 3.85. The third-order valence-corrected chi connectivity index (χ3v) is 4.99. The number of benzene rings is 1. The molecule has 1 aromatic rings. The predicted octanol–water partition coefficient (Wildman–Crippen LogP) is 4.26. The van der Waals surface area contributed by atoms with Gasteiger partial charge in [0.1, 0.15) is 4.99 Å². The third kappa shape index (κ3) is 3.89. The van der Waals surface area contributed by atoms with Crippen LogP contribution in [0.15, 0.2) is 16.6 Å². The normalized spacial score (nSPS) is 15.9. The maximum Gasteiger partial charge on any atom is 0.161 e. The molecular weight excluding hydrogens is 350 g/mol. The van der Waals surface area contributed by atoms with Crippen LogP contribution in [-0.4, -0.2) is 36.7 Å². The molecule has 116 valence electrons. The number of hydrogen-bond donors (Lipinski definition) is 0. The van der Waals surface area contributed by atoms with Gasteiger partial charge in [-0.25, -0.2) is 0 Å². The van der Waals surface area contributed by atoms with E-state index < -0.39 is 0 Å². The van der Waals surface area contributed by atoms with Gasteiger partial charge in [-0.1, -0.05) is 19.1 Å². The van der Waals surface area contributed by atoms with Crippen LogP contribution in [0, 0.1) is 5.92 Å². The summed E-state index contributed by atoms with van der Waals surface area (Å²) >= 11 is 9.29. The number of thiocarbonyl (C=S) groups is 1. The number of likely N-dealkylation sites (tertiary alicyclic amines) is 1. The number of methoxy groups -OCH3 is 1. The highest BCUT2D eigenvalue weighted by atomic mass is 79.9. The molecule has 0 atom stereocenters. The molecular formula is C16H22BrNO2S. The van der Waals surface area contributed by atoms with Crippen molar-refractivity contribution < 1.29 is 9.47 Å². The van der Waals surface area contributed by atoms with Crippen molar-refractivity contribution in [3.8, 4) is 11.5 Å². The van der Waals surface area contributed by atoms with Crippen molar-refractivity contribution >= 4 is 33.1 Å². The second-order valence-electron chi connectivity index (χ2n) is 5.39. The maximum absolute atomic E-state index is 5.69. The van der Waals surface area contributed by atoms with E-state index in [4.69, 9.17) is 21.7 Å². The van der Waals surface area contributed by atoms with E-state index in [1.807, 2.05) is 19.1 Å². The van der Waals surface area contributed by atoms with Crippen LogP contribution >= 0.6 is 28.1 Å². The molecule has 0 radical (unpaired) electrons. The molecule has 1 aromatic carbocycles. The molecule has 0 spiro atoms. The Labute approximate surface area is 140 Å². The first kappa shape index (κ1) is 16.6. The van der Waals surface area contributed by atoms with Gasteiger partial charge in [0.25, 0.3) is 0 Å². The first-order chi connectivity index (χ1) is 10.1. The summed E-state index contributed by atoms with van der Waals surface area (Å²) in [5.74, 6) is 2.26. The summed E-state index contributed by atoms with van der Waals surface area (Å²) in [6, 6.07) is 3.91. The van der Waals surface area contributed by atoms with Crippen LogP contribution in [0.3, 0.4) is 0 Å². The Bertz CT molecular complexity index is 513. The van der Waals surface area contributed by atoms with Crippen LogP contribution < -0.4 is 9.47 Å². The molecule has 0 amide bonds. The zero-order valence-corrected chi connectivity index (χ0v) is 15.2. The molecule has 0 N–H and O–H groups in total. The van der Waals surface area contributed by atoms with Gasteiger partial charge in [-0.05, 0) is 53.7 Å². The molecule has 0 saturated carbocycles. The Kier molecular flexibility index (Phi) is 5.88. The second kappa shape index (κ2) is 7.45. The zero-order valence-electron chi connectivity index (χ0n) is 12.8. The minimum atomic E-state index is 0.603. The highest BCUT2D eigenvalue weighted by Crippen LogP contribution is 2.35. The van der Waals surface area contributed by atoms with Gasteiger partial charge in [0.2, 0.25) is 0 Å². The van der Waals surface area contributed by atoms with E-state index in [9.17, 15) is 0 Å². The summed E-state index contributed by atoms with van der Waals surface area (Å²) in [6.07, 6.45) is 2.40. The summed E-state index contributed by atoms with van der Waals surface area (Å²) < 4.78 is 12.0. The van der Waals surface area contributed by atoms with Crippen LogP contribution in [-0.2, 0) is 0 Å². The molecule has 0 aliphatic carbocycles. The average molecular weight is 372 g/mol. The van der Waals surface area contributed by atoms with E-state index in [2.05, 4.69) is 27.8 Å². The number of piperidine rings is 1. The Hall–Kier alpha value is -0.810. The maximum atomic E-state index is 5.69. The Morgan fingerprint density at radius 1 is 1.33 bits per heavy atom. The Morgan fingerprint density at radius 3 is 2.57 bits per heavy atom. The van der Waals surface area contributed by atoms with Crippen molar-refractivity contribution in [3.63, 3.8) is 0 Å². The lowest BCUT2D eigenvalue weighted by Gasteiger charge is -2.32. The predicted molar refractivity (Wildman–Crippen MR) is 93.5 cm³/mol. The monoisotopic (exact) mass is 371 g/mol. The van der Waals surface area contributed by atoms with Crippen molar-refractivity contribution in [1.82, 2.24) is 4.90 Å². The Morgan fingerprint density at radius 2 is 2.00 bits per heavy atom. The quantitative estimate of drug-likeness (QED) is 0.736. The van der Waals surface area contributed by atoms with Gasteiger partial charge in [-0.15, -0.1) is 0 Å². The van der Waals surface area contributed by atoms with Gasteiger partial charge >= 0.3 is 0 Å². The summed E-state index contributed by atoms with van der Waals surface area (Å²) in [6.45, 7) is 6.93. The van der Waals surface area contributed by atoms with Gasteiger partial charge in [0.05, 0.1) is 13.7 Å². The smallest absolute Gasteiger partial charge is 0.161 e. The molecule has 21 heavy (non-hydrogen) atoms. The summed E-state index contributed by atoms with van der Waals surface area (Å²) in [5.41, 5.74) is 1.00. The first-order valence-electron chi connectivity index (χ1n) is 7.36. The molecule has 0 aromatic heterocycles. The lowest BCUT2D eigenvalue weighted by molar-refractivity contribution is 0.284. The Balaban J connectivity index is 2.25. The van der Waals surface area contributed by atoms with E-state index in [0.717, 1.165) is 45.5 Å². The fourth-order valence-electron chi connectivity index (χ4n) is 2.51. The standard InChI is InChI=1S/C16H22BrNO2S/c1-4-20-15-9-12(13(17)10-14(15)19-3)16(21)18-7-5-11(2)6-8-18/h9-11H,4-8H2,1-3H3. The molecule has 1 fully saturated rings. The zero-order chi connectivity index (χ0) is 15.4. The number of ether oxygens (including phenoxy) is 2. The second-order valence-corrected chi connectivity index (χ2v) is 6.63. The van der Waals surface area contributed by atoms with Crippen molar-refractivity contribution in [1.29, 1.82) is 0 Å². The van der Waals surface area contributed by atoms with Crippen LogP contribution in [0.2, 0.25) is 0 Å². The van der Waals surface area contributed by atoms with Crippen LogP contribution in [0.1, 0.15) is 32.3 Å². The first-order valence-corrected chi connectivity index (χ1v) is 8.56. The highest BCUT2D eigenvalue weighted by Gasteiger charge is 2.21. The molecule has 2 rings (SSSR count). The fourth-order valence-corrected chi connectivity index (χ4v) is 3.50. The molecule has 1 aliphatic heterocycles. The minimum absolute atomic E-state index is 0.603. The molecule has 5 heteroatoms. The highest BCUT2D eigenvalue weighted by molar-refractivity contribution is 9.10. The summed E-state index contributed by atoms with van der Waals surface area (Å²) in [7, 11) is 1.65. The van der Waals surface area contributed by atoms with Gasteiger partial charge in [-0.2, -0.15) is 0 Å². The number of hydrogen-bond acceptors (Lipinski definition) is 3. The van der Waals surface area contributed by atoms with Gasteiger partial charge < -0.3 is 14.4 Å². The van der Waals surface area contributed by atoms with Crippen molar-refractivity contribution in [2.75, 3.05) is 26.8 Å². The topological polar surface area (TPSA) is 21.7 Å². The number of rotatable bonds is 4. The van der Waals surface area contributed by atoms with E-state index in [0.29, 0.717) is 6.61 Å². The molecule has 1 aliphatic rings. The molecule has 1 heterocycles. The lowest BCUT2D eigenvalue weighted by Crippen LogP contribution is -2.37. The van der Waals surface area contributed by atoms with E-state index in [1.165, 1.54) is 12.8 Å². The van der Waals surface area contributed by atoms with E-state index in [1.54, 1.807) is 7.11 Å². The largest absolute Gasteiger partial charge is 0.493 e. The minimum Gasteiger partial charge on any atom is -0.493 e. The molecule has 0 unspecified atom stereocenters. The SMILES string of the molecule is CCOc1cc(C(=S)N2CCC(C)CC2)c(Br)cc1OC. The van der Waals surface area contributed by atoms with Crippen LogP contribution in [0.5, 0.6) is 11.5 Å². The van der Waals surface area contributed by atoms with Crippen molar-refractivity contribution in [2.24, 2.45) is 5.92 Å². The summed E-state index contributed by atoms with van der Waals surface area (Å²) in [4.78, 5) is 3.18. The van der Waals surface area contributed by atoms with Crippen LogP contribution in [0.4, 0.5) is 0 Å². The van der Waals surface area contributed by atoms with E-state index in [-0.39, 0.29) is 0 Å². The van der Waals surface area contributed by atoms with Crippen molar-refractivity contribution in [2.45, 2.75) is 26.7 Å². The molecule has 1 saturated heterocycles. The lowest BCUT2D eigenvalue weighted by atomic mass is 9.99. The summed E-state index contributed by atoms with van der Waals surface area (Å²) in [5, 5.41) is 0. The van der Waals surface area contributed by atoms with E-state index >= 15 is 0 Å². The van der Waals surface area contributed by atoms with Crippen molar-refractivity contribution in [3.05, 3.63) is 22.2 Å². The molecule has 0 bridgehead atoms. The van der Waals surface area contributed by atoms with Gasteiger partial charge in [0.15, 0.2) is 11.5 Å². The average Bonchev–Trinajstić information content (AvgIpc) is 2.49. The molecule has 3 nitrogen and oxygen atoms in total. The van der Waals surface area contributed by atoms with Gasteiger partial charge in [0, 0.05) is 23.1 Å².